The van der Waals surface area contributed by atoms with Gasteiger partial charge in [0.2, 0.25) is 0 Å². The summed E-state index contributed by atoms with van der Waals surface area (Å²) in [6, 6.07) is 7.59. The Bertz CT molecular complexity index is 312. The van der Waals surface area contributed by atoms with Crippen LogP contribution in [0.4, 0.5) is 11.4 Å². The van der Waals surface area contributed by atoms with E-state index in [9.17, 15) is 0 Å². The summed E-state index contributed by atoms with van der Waals surface area (Å²) in [5.41, 5.74) is 7.37. The third-order valence-electron chi connectivity index (χ3n) is 1.78. The average Bonchev–Trinajstić information content (AvgIpc) is 2.29. The third-order valence-corrected chi connectivity index (χ3v) is 2.25. The van der Waals surface area contributed by atoms with Gasteiger partial charge in [-0.3, -0.25) is 0 Å². The predicted octanol–water partition coefficient (Wildman–Crippen LogP) is 2.24. The first-order valence-electron chi connectivity index (χ1n) is 4.96. The lowest BCUT2D eigenvalue weighted by Crippen LogP contribution is -2.34. The maximum absolute atomic E-state index is 5.65. The highest BCUT2D eigenvalue weighted by molar-refractivity contribution is 7.80. The molecule has 1 rings (SSSR count). The lowest BCUT2D eigenvalue weighted by atomic mass is 10.3. The molecular weight excluding hydrogens is 206 g/mol. The molecule has 0 heterocycles. The zero-order valence-electron chi connectivity index (χ0n) is 9.74. The van der Waals surface area contributed by atoms with E-state index in [4.69, 9.17) is 18.0 Å². The van der Waals surface area contributed by atoms with Crippen LogP contribution in [-0.2, 0) is 0 Å². The standard InChI is InChI=1S/C9H13N3S.C2H6/c1-11-9(13)12(2)8-5-3-4-7(10)6-8;1-2/h3-6H,10H2,1-2H3,(H,11,13);1-2H3. The first kappa shape index (κ1) is 13.7. The van der Waals surface area contributed by atoms with Crippen LogP contribution in [0.1, 0.15) is 13.8 Å². The number of nitrogen functional groups attached to an aromatic ring is 1. The molecule has 0 fully saturated rings. The van der Waals surface area contributed by atoms with E-state index in [1.54, 1.807) is 7.05 Å². The van der Waals surface area contributed by atoms with Crippen LogP contribution in [-0.4, -0.2) is 19.2 Å². The van der Waals surface area contributed by atoms with Crippen molar-refractivity contribution in [2.24, 2.45) is 0 Å². The maximum atomic E-state index is 5.65. The summed E-state index contributed by atoms with van der Waals surface area (Å²) >= 11 is 5.08. The van der Waals surface area contributed by atoms with E-state index >= 15 is 0 Å². The third kappa shape index (κ3) is 4.16. The minimum Gasteiger partial charge on any atom is -0.399 e. The molecule has 84 valence electrons. The fraction of sp³-hybridized carbons (Fsp3) is 0.364. The fourth-order valence-electron chi connectivity index (χ4n) is 1.02. The molecule has 0 atom stereocenters. The highest BCUT2D eigenvalue weighted by Gasteiger charge is 2.03. The molecule has 3 N–H and O–H groups in total. The van der Waals surface area contributed by atoms with Gasteiger partial charge in [-0.15, -0.1) is 0 Å². The average molecular weight is 225 g/mol. The van der Waals surface area contributed by atoms with Gasteiger partial charge in [0.05, 0.1) is 0 Å². The predicted molar refractivity (Wildman–Crippen MR) is 72.3 cm³/mol. The number of thiocarbonyl (C=S) groups is 1. The van der Waals surface area contributed by atoms with Gasteiger partial charge in [-0.25, -0.2) is 0 Å². The first-order chi connectivity index (χ1) is 7.15. The minimum atomic E-state index is 0.672. The van der Waals surface area contributed by atoms with Gasteiger partial charge in [-0.05, 0) is 30.4 Å². The Morgan fingerprint density at radius 1 is 1.40 bits per heavy atom. The molecular formula is C11H19N3S. The Labute approximate surface area is 97.3 Å². The largest absolute Gasteiger partial charge is 0.399 e. The van der Waals surface area contributed by atoms with E-state index < -0.39 is 0 Å². The Morgan fingerprint density at radius 3 is 2.47 bits per heavy atom. The Kier molecular flexibility index (Phi) is 6.45. The van der Waals surface area contributed by atoms with Crippen LogP contribution in [0.25, 0.3) is 0 Å². The van der Waals surface area contributed by atoms with Crippen LogP contribution in [0.15, 0.2) is 24.3 Å². The summed E-state index contributed by atoms with van der Waals surface area (Å²) in [6.45, 7) is 4.00. The second-order valence-electron chi connectivity index (χ2n) is 2.71. The maximum Gasteiger partial charge on any atom is 0.172 e. The number of anilines is 2. The van der Waals surface area contributed by atoms with Gasteiger partial charge in [0.25, 0.3) is 0 Å². The lowest BCUT2D eigenvalue weighted by molar-refractivity contribution is 1.12. The van der Waals surface area contributed by atoms with Gasteiger partial charge >= 0.3 is 0 Å². The SMILES string of the molecule is CC.CNC(=S)N(C)c1cccc(N)c1. The Morgan fingerprint density at radius 2 is 2.00 bits per heavy atom. The Balaban J connectivity index is 0.000000921. The molecule has 3 nitrogen and oxygen atoms in total. The van der Waals surface area contributed by atoms with E-state index in [1.165, 1.54) is 0 Å². The van der Waals surface area contributed by atoms with Gasteiger partial charge in [0.1, 0.15) is 0 Å². The van der Waals surface area contributed by atoms with Crippen molar-refractivity contribution in [2.75, 3.05) is 24.7 Å². The molecule has 1 aromatic rings. The normalized spacial score (nSPS) is 8.53. The molecule has 0 amide bonds. The molecule has 4 heteroatoms. The van der Waals surface area contributed by atoms with Crippen molar-refractivity contribution in [1.82, 2.24) is 5.32 Å². The Hall–Kier alpha value is -1.29. The monoisotopic (exact) mass is 225 g/mol. The molecule has 0 radical (unpaired) electrons. The van der Waals surface area contributed by atoms with Crippen LogP contribution < -0.4 is 16.0 Å². The molecule has 0 aliphatic carbocycles. The van der Waals surface area contributed by atoms with Crippen molar-refractivity contribution in [3.05, 3.63) is 24.3 Å². The molecule has 0 aromatic heterocycles. The van der Waals surface area contributed by atoms with Crippen LogP contribution in [0.3, 0.4) is 0 Å². The van der Waals surface area contributed by atoms with Crippen LogP contribution in [0.2, 0.25) is 0 Å². The lowest BCUT2D eigenvalue weighted by Gasteiger charge is -2.19. The zero-order chi connectivity index (χ0) is 11.8. The van der Waals surface area contributed by atoms with Crippen LogP contribution in [0, 0.1) is 0 Å². The quantitative estimate of drug-likeness (QED) is 0.568. The topological polar surface area (TPSA) is 41.3 Å². The summed E-state index contributed by atoms with van der Waals surface area (Å²) in [7, 11) is 3.69. The molecule has 0 unspecified atom stereocenters. The van der Waals surface area contributed by atoms with Gasteiger partial charge in [0.15, 0.2) is 5.11 Å². The van der Waals surface area contributed by atoms with E-state index in [1.807, 2.05) is 50.1 Å². The van der Waals surface area contributed by atoms with E-state index in [-0.39, 0.29) is 0 Å². The van der Waals surface area contributed by atoms with Gasteiger partial charge in [-0.2, -0.15) is 0 Å². The summed E-state index contributed by atoms with van der Waals surface area (Å²) < 4.78 is 0. The summed E-state index contributed by atoms with van der Waals surface area (Å²) in [4.78, 5) is 1.87. The van der Waals surface area contributed by atoms with Gasteiger partial charge in [-0.1, -0.05) is 19.9 Å². The van der Waals surface area contributed by atoms with Crippen molar-refractivity contribution in [3.63, 3.8) is 0 Å². The molecule has 15 heavy (non-hydrogen) atoms. The number of benzene rings is 1. The number of nitrogens with one attached hydrogen (secondary N) is 1. The van der Waals surface area contributed by atoms with E-state index in [0.29, 0.717) is 5.11 Å². The second-order valence-corrected chi connectivity index (χ2v) is 3.10. The molecule has 1 aromatic carbocycles. The van der Waals surface area contributed by atoms with E-state index in [0.717, 1.165) is 11.4 Å². The number of nitrogens with zero attached hydrogens (tertiary/aromatic N) is 1. The van der Waals surface area contributed by atoms with E-state index in [2.05, 4.69) is 5.32 Å². The summed E-state index contributed by atoms with van der Waals surface area (Å²) in [5, 5.41) is 3.57. The molecule has 0 aliphatic heterocycles. The minimum absolute atomic E-state index is 0.672. The van der Waals surface area contributed by atoms with Crippen LogP contribution >= 0.6 is 12.2 Å². The van der Waals surface area contributed by atoms with Crippen molar-refractivity contribution in [3.8, 4) is 0 Å². The number of rotatable bonds is 1. The van der Waals surface area contributed by atoms with Gasteiger partial charge in [0, 0.05) is 25.5 Å². The molecule has 0 saturated heterocycles. The van der Waals surface area contributed by atoms with Crippen molar-refractivity contribution >= 4 is 28.7 Å². The molecule has 0 bridgehead atoms. The fourth-order valence-corrected chi connectivity index (χ4v) is 1.12. The van der Waals surface area contributed by atoms with Crippen molar-refractivity contribution in [2.45, 2.75) is 13.8 Å². The highest BCUT2D eigenvalue weighted by atomic mass is 32.1. The first-order valence-corrected chi connectivity index (χ1v) is 5.37. The number of hydrogen-bond acceptors (Lipinski definition) is 2. The highest BCUT2D eigenvalue weighted by Crippen LogP contribution is 2.15. The summed E-state index contributed by atoms with van der Waals surface area (Å²) in [6.07, 6.45) is 0. The number of nitrogens with two attached hydrogens (primary N) is 1. The van der Waals surface area contributed by atoms with Crippen molar-refractivity contribution in [1.29, 1.82) is 0 Å². The number of hydrogen-bond donors (Lipinski definition) is 2. The van der Waals surface area contributed by atoms with Gasteiger partial charge < -0.3 is 16.0 Å². The summed E-state index contributed by atoms with van der Waals surface area (Å²) in [5.74, 6) is 0. The van der Waals surface area contributed by atoms with Crippen LogP contribution in [0.5, 0.6) is 0 Å². The molecule has 0 spiro atoms. The smallest absolute Gasteiger partial charge is 0.172 e. The molecule has 0 saturated carbocycles. The second kappa shape index (κ2) is 7.06. The zero-order valence-corrected chi connectivity index (χ0v) is 10.6. The molecule has 0 aliphatic rings. The van der Waals surface area contributed by atoms with Crippen molar-refractivity contribution < 1.29 is 0 Å².